The maximum absolute atomic E-state index is 12.0. The molecule has 0 atom stereocenters. The maximum Gasteiger partial charge on any atom is 0.219 e. The van der Waals surface area contributed by atoms with Gasteiger partial charge in [0.15, 0.2) is 7.73 Å². The van der Waals surface area contributed by atoms with Crippen molar-refractivity contribution >= 4 is 21.4 Å². The normalized spacial score (nSPS) is 14.4. The third kappa shape index (κ3) is 2.29. The van der Waals surface area contributed by atoms with Crippen LogP contribution >= 0.6 is 11.6 Å². The van der Waals surface area contributed by atoms with Crippen LogP contribution in [0.2, 0.25) is 2.82 Å². The first-order chi connectivity index (χ1) is 7.91. The highest BCUT2D eigenvalue weighted by Gasteiger charge is 2.22. The van der Waals surface area contributed by atoms with Crippen molar-refractivity contribution in [2.45, 2.75) is 4.90 Å². The van der Waals surface area contributed by atoms with E-state index in [-0.39, 0.29) is 10.6 Å². The molecule has 78 valence electrons. The first-order valence-electron chi connectivity index (χ1n) is 4.68. The highest BCUT2D eigenvalue weighted by Crippen LogP contribution is 2.20. The summed E-state index contributed by atoms with van der Waals surface area (Å²) in [5.74, 6) is 0. The Balaban J connectivity index is 3.43. The third-order valence-corrected chi connectivity index (χ3v) is 3.63. The number of halogens is 1. The molecule has 0 aliphatic rings. The van der Waals surface area contributed by atoms with Gasteiger partial charge >= 0.3 is 0 Å². The predicted octanol–water partition coefficient (Wildman–Crippen LogP) is 1.35. The summed E-state index contributed by atoms with van der Waals surface area (Å²) in [4.78, 5) is -0.938. The van der Waals surface area contributed by atoms with E-state index in [0.29, 0.717) is 0 Å². The number of hydrogen-bond acceptors (Lipinski definition) is 4. The minimum absolute atomic E-state index is 0.114. The number of hydrogen-bond donors (Lipinski definition) is 1. The summed E-state index contributed by atoms with van der Waals surface area (Å²) in [5, 5.41) is 8.01. The average molecular weight is 245 g/mol. The number of rotatable bonds is 3. The van der Waals surface area contributed by atoms with E-state index < -0.39 is 19.9 Å². The molecule has 0 aromatic heterocycles. The second kappa shape index (κ2) is 4.34. The van der Waals surface area contributed by atoms with E-state index in [1.807, 2.05) is 0 Å². The van der Waals surface area contributed by atoms with Crippen LogP contribution in [0, 0.1) is 11.3 Å². The van der Waals surface area contributed by atoms with Crippen molar-refractivity contribution in [2.24, 2.45) is 5.72 Å². The molecule has 4 nitrogen and oxygen atoms in total. The molecule has 0 aliphatic carbocycles. The minimum atomic E-state index is -4.09. The van der Waals surface area contributed by atoms with Gasteiger partial charge in [0.25, 0.3) is 0 Å². The van der Waals surface area contributed by atoms with E-state index in [1.165, 1.54) is 30.3 Å². The zero-order valence-electron chi connectivity index (χ0n) is 9.38. The molecule has 6 heteroatoms. The number of nitriles is 1. The van der Waals surface area contributed by atoms with Crippen LogP contribution in [0.25, 0.3) is 0 Å². The maximum atomic E-state index is 12.0. The fourth-order valence-corrected chi connectivity index (χ4v) is 2.37. The first-order valence-corrected chi connectivity index (χ1v) is 5.65. The summed E-state index contributed by atoms with van der Waals surface area (Å²) >= 11 is 5.45. The minimum Gasteiger partial charge on any atom is -0.388 e. The third-order valence-electron chi connectivity index (χ3n) is 1.61. The molecule has 15 heavy (non-hydrogen) atoms. The molecule has 0 heterocycles. The van der Waals surface area contributed by atoms with Gasteiger partial charge in [-0.1, -0.05) is 29.8 Å². The summed E-state index contributed by atoms with van der Waals surface area (Å²) in [7, 11) is -4.09. The molecule has 0 aliphatic heterocycles. The Hall–Kier alpha value is -1.51. The summed E-state index contributed by atoms with van der Waals surface area (Å²) in [6, 6.07) is 8.61. The fourth-order valence-electron chi connectivity index (χ4n) is 0.935. The average Bonchev–Trinajstić information content (AvgIpc) is 2.30. The monoisotopic (exact) mass is 244 g/mol. The van der Waals surface area contributed by atoms with Crippen molar-refractivity contribution in [2.75, 3.05) is 0 Å². The molecule has 0 unspecified atom stereocenters. The zero-order chi connectivity index (χ0) is 13.1. The molecule has 2 N–H and O–H groups in total. The topological polar surface area (TPSA) is 83.9 Å². The number of allylic oxidation sites excluding steroid dienone is 1. The Labute approximate surface area is 95.4 Å². The smallest absolute Gasteiger partial charge is 0.219 e. The van der Waals surface area contributed by atoms with E-state index >= 15 is 0 Å². The van der Waals surface area contributed by atoms with Gasteiger partial charge in [-0.05, 0) is 12.1 Å². The molecule has 0 saturated heterocycles. The van der Waals surface area contributed by atoms with Crippen LogP contribution in [0.4, 0.5) is 0 Å². The second-order valence-corrected chi connectivity index (χ2v) is 4.79. The Morgan fingerprint density at radius 1 is 1.47 bits per heavy atom. The molecule has 0 bridgehead atoms. The van der Waals surface area contributed by atoms with Crippen molar-refractivity contribution < 1.29 is 11.2 Å². The Bertz CT molecular complexity index is 579. The van der Waals surface area contributed by atoms with Crippen molar-refractivity contribution in [3.8, 4) is 6.07 Å². The summed E-state index contributed by atoms with van der Waals surface area (Å²) in [6.45, 7) is 0. The number of nitrogens with two attached hydrogens (primary N) is 1. The van der Waals surface area contributed by atoms with Gasteiger partial charge in [-0.25, -0.2) is 8.42 Å². The van der Waals surface area contributed by atoms with E-state index in [0.717, 1.165) is 0 Å². The lowest BCUT2D eigenvalue weighted by Gasteiger charge is -2.02. The number of benzene rings is 1. The van der Waals surface area contributed by atoms with Crippen LogP contribution in [0.1, 0.15) is 0 Å². The van der Waals surface area contributed by atoms with Crippen LogP contribution < -0.4 is 5.72 Å². The Morgan fingerprint density at radius 2 is 2.07 bits per heavy atom. The van der Waals surface area contributed by atoms with Gasteiger partial charge < -0.3 is 5.72 Å². The van der Waals surface area contributed by atoms with Crippen LogP contribution in [-0.4, -0.2) is 8.42 Å². The van der Waals surface area contributed by atoms with Gasteiger partial charge in [-0.2, -0.15) is 5.26 Å². The molecule has 0 fully saturated rings. The molecule has 1 aromatic carbocycles. The first kappa shape index (κ1) is 8.77. The van der Waals surface area contributed by atoms with Crippen molar-refractivity contribution in [1.29, 1.82) is 5.26 Å². The van der Waals surface area contributed by atoms with Crippen molar-refractivity contribution in [1.82, 2.24) is 0 Å². The highest BCUT2D eigenvalue weighted by molar-refractivity contribution is 7.95. The van der Waals surface area contributed by atoms with Crippen LogP contribution in [-0.2, 0) is 9.84 Å². The summed E-state index contributed by atoms with van der Waals surface area (Å²) in [6.07, 6.45) is 0. The van der Waals surface area contributed by atoms with Gasteiger partial charge in [-0.15, -0.1) is 0 Å². The molecule has 0 amide bonds. The van der Waals surface area contributed by atoms with Crippen LogP contribution in [0.15, 0.2) is 45.3 Å². The van der Waals surface area contributed by atoms with Gasteiger partial charge in [0.2, 0.25) is 9.84 Å². The molecule has 0 saturated carbocycles. The SMILES string of the molecule is [2H]N([2H])/C(Cl)=C(\C#N)S(=O)(=O)c1ccccc1. The summed E-state index contributed by atoms with van der Waals surface area (Å²) in [5.41, 5.74) is -0.124. The van der Waals surface area contributed by atoms with E-state index in [4.69, 9.17) is 19.7 Å². The van der Waals surface area contributed by atoms with Crippen LogP contribution in [0.3, 0.4) is 0 Å². The molecular formula is C9H7ClN2O2S. The Kier molecular flexibility index (Phi) is 2.54. The van der Waals surface area contributed by atoms with E-state index in [1.54, 1.807) is 6.07 Å². The van der Waals surface area contributed by atoms with Gasteiger partial charge in [0, 0.05) is 0 Å². The number of nitrogens with zero attached hydrogens (tertiary/aromatic N) is 1. The molecule has 1 aromatic rings. The van der Waals surface area contributed by atoms with E-state index in [9.17, 15) is 8.42 Å². The summed E-state index contributed by atoms with van der Waals surface area (Å²) < 4.78 is 37.6. The molecular weight excluding hydrogens is 236 g/mol. The molecule has 0 radical (unpaired) electrons. The van der Waals surface area contributed by atoms with Gasteiger partial charge in [-0.3, -0.25) is 0 Å². The van der Waals surface area contributed by atoms with Crippen molar-refractivity contribution in [3.05, 3.63) is 40.4 Å². The van der Waals surface area contributed by atoms with Crippen LogP contribution in [0.5, 0.6) is 0 Å². The second-order valence-electron chi connectivity index (χ2n) is 2.55. The molecule has 0 spiro atoms. The lowest BCUT2D eigenvalue weighted by atomic mass is 10.4. The van der Waals surface area contributed by atoms with Gasteiger partial charge in [0.1, 0.15) is 11.2 Å². The predicted molar refractivity (Wildman–Crippen MR) is 56.3 cm³/mol. The van der Waals surface area contributed by atoms with E-state index in [2.05, 4.69) is 0 Å². The zero-order valence-corrected chi connectivity index (χ0v) is 8.96. The fraction of sp³-hybridized carbons (Fsp3) is 0. The quantitative estimate of drug-likeness (QED) is 0.643. The number of sulfone groups is 1. The molecule has 1 rings (SSSR count). The highest BCUT2D eigenvalue weighted by atomic mass is 35.5. The van der Waals surface area contributed by atoms with Crippen molar-refractivity contribution in [3.63, 3.8) is 0 Å². The lowest BCUT2D eigenvalue weighted by molar-refractivity contribution is 0.603. The lowest BCUT2D eigenvalue weighted by Crippen LogP contribution is -2.08. The van der Waals surface area contributed by atoms with Gasteiger partial charge in [0.05, 0.1) is 4.90 Å². The Morgan fingerprint density at radius 3 is 2.53 bits per heavy atom. The standard InChI is InChI=1S/C9H7ClN2O2S/c10-9(12)8(6-11)15(13,14)7-4-2-1-3-5-7/h1-5H,12H2/b9-8+/i/hD2. The largest absolute Gasteiger partial charge is 0.388 e.